The average Bonchev–Trinajstić information content (AvgIpc) is 3.20. The summed E-state index contributed by atoms with van der Waals surface area (Å²) in [5, 5.41) is -0.337. The molecule has 0 saturated carbocycles. The summed E-state index contributed by atoms with van der Waals surface area (Å²) in [4.78, 5) is 6.99. The van der Waals surface area contributed by atoms with Crippen molar-refractivity contribution in [2.75, 3.05) is 13.1 Å². The Morgan fingerprint density at radius 2 is 1.93 bits per heavy atom. The second kappa shape index (κ2) is 6.54. The van der Waals surface area contributed by atoms with Gasteiger partial charge in [0.1, 0.15) is 0 Å². The lowest BCUT2D eigenvalue weighted by molar-refractivity contribution is 0.325. The van der Waals surface area contributed by atoms with Crippen LogP contribution in [0.25, 0.3) is 11.1 Å². The van der Waals surface area contributed by atoms with Gasteiger partial charge in [-0.1, -0.05) is 42.0 Å². The zero-order valence-electron chi connectivity index (χ0n) is 15.7. The van der Waals surface area contributed by atoms with Gasteiger partial charge in [-0.05, 0) is 47.4 Å². The summed E-state index contributed by atoms with van der Waals surface area (Å²) in [5.41, 5.74) is 5.48. The Morgan fingerprint density at radius 1 is 1.04 bits per heavy atom. The van der Waals surface area contributed by atoms with Crippen LogP contribution in [0.5, 0.6) is 0 Å². The molecule has 1 saturated heterocycles. The number of pyridine rings is 1. The molecular weight excluding hydrogens is 368 g/mol. The molecule has 5 heteroatoms. The van der Waals surface area contributed by atoms with Crippen molar-refractivity contribution in [3.05, 3.63) is 83.7 Å². The summed E-state index contributed by atoms with van der Waals surface area (Å²) in [7, 11) is -3.27. The molecule has 3 aromatic rings. The molecule has 0 unspecified atom stereocenters. The van der Waals surface area contributed by atoms with Crippen molar-refractivity contribution in [1.29, 1.82) is 0 Å². The van der Waals surface area contributed by atoms with Gasteiger partial charge in [-0.2, -0.15) is 0 Å². The van der Waals surface area contributed by atoms with Crippen LogP contribution in [-0.2, 0) is 16.4 Å². The third-order valence-corrected chi connectivity index (χ3v) is 8.20. The predicted octanol–water partition coefficient (Wildman–Crippen LogP) is 3.81. The number of aromatic nitrogens is 1. The Morgan fingerprint density at radius 3 is 2.71 bits per heavy atom. The topological polar surface area (TPSA) is 50.3 Å². The van der Waals surface area contributed by atoms with Gasteiger partial charge >= 0.3 is 0 Å². The predicted molar refractivity (Wildman–Crippen MR) is 110 cm³/mol. The minimum Gasteiger partial charge on any atom is -0.297 e. The Bertz CT molecular complexity index is 1140. The fourth-order valence-corrected chi connectivity index (χ4v) is 6.83. The first-order valence-corrected chi connectivity index (χ1v) is 11.1. The van der Waals surface area contributed by atoms with Crippen LogP contribution in [0.4, 0.5) is 0 Å². The van der Waals surface area contributed by atoms with Gasteiger partial charge in [-0.15, -0.1) is 0 Å². The summed E-state index contributed by atoms with van der Waals surface area (Å²) in [6, 6.07) is 18.1. The van der Waals surface area contributed by atoms with E-state index in [-0.39, 0.29) is 11.2 Å². The van der Waals surface area contributed by atoms with Crippen molar-refractivity contribution in [3.8, 4) is 11.1 Å². The number of likely N-dealkylation sites (tertiary alicyclic amines) is 1. The SMILES string of the molecule is Cc1cccc(CN2C[C@@H]3c4cc(-c5cccnc5)ccc4S(=O)(=O)[C@H]3C2)c1. The minimum atomic E-state index is -3.27. The molecule has 1 fully saturated rings. The molecule has 0 aliphatic carbocycles. The molecule has 2 aliphatic heterocycles. The number of hydrogen-bond donors (Lipinski definition) is 0. The van der Waals surface area contributed by atoms with E-state index in [1.807, 2.05) is 24.4 Å². The van der Waals surface area contributed by atoms with E-state index >= 15 is 0 Å². The van der Waals surface area contributed by atoms with Gasteiger partial charge in [-0.3, -0.25) is 9.88 Å². The molecule has 5 rings (SSSR count). The van der Waals surface area contributed by atoms with Gasteiger partial charge in [0.25, 0.3) is 0 Å². The van der Waals surface area contributed by atoms with Crippen molar-refractivity contribution in [1.82, 2.24) is 9.88 Å². The van der Waals surface area contributed by atoms with E-state index in [0.717, 1.165) is 29.8 Å². The monoisotopic (exact) mass is 390 g/mol. The van der Waals surface area contributed by atoms with Crippen LogP contribution in [-0.4, -0.2) is 36.6 Å². The first kappa shape index (κ1) is 17.6. The van der Waals surface area contributed by atoms with Gasteiger partial charge in [0.2, 0.25) is 0 Å². The molecule has 28 heavy (non-hydrogen) atoms. The zero-order valence-corrected chi connectivity index (χ0v) is 16.6. The maximum Gasteiger partial charge on any atom is 0.183 e. The molecule has 2 aromatic carbocycles. The van der Waals surface area contributed by atoms with Crippen LogP contribution >= 0.6 is 0 Å². The Balaban J connectivity index is 1.47. The van der Waals surface area contributed by atoms with Crippen LogP contribution in [0.1, 0.15) is 22.6 Å². The van der Waals surface area contributed by atoms with Crippen molar-refractivity contribution in [2.45, 2.75) is 29.5 Å². The molecule has 0 bridgehead atoms. The van der Waals surface area contributed by atoms with Gasteiger partial charge in [0.15, 0.2) is 9.84 Å². The standard InChI is InChI=1S/C23H22N2O2S/c1-16-4-2-5-17(10-16)13-25-14-21-20-11-18(19-6-3-9-24-12-19)7-8-22(20)28(26,27)23(21)15-25/h2-12,21,23H,13-15H2,1H3/t21-,23+/m1/s1. The zero-order chi connectivity index (χ0) is 19.3. The highest BCUT2D eigenvalue weighted by molar-refractivity contribution is 7.92. The van der Waals surface area contributed by atoms with E-state index in [9.17, 15) is 8.42 Å². The van der Waals surface area contributed by atoms with Crippen LogP contribution in [0.3, 0.4) is 0 Å². The quantitative estimate of drug-likeness (QED) is 0.682. The normalized spacial score (nSPS) is 22.8. The number of fused-ring (bicyclic) bond motifs is 3. The fraction of sp³-hybridized carbons (Fsp3) is 0.261. The van der Waals surface area contributed by atoms with E-state index in [1.165, 1.54) is 11.1 Å². The highest BCUT2D eigenvalue weighted by Gasteiger charge is 2.50. The molecule has 4 nitrogen and oxygen atoms in total. The van der Waals surface area contributed by atoms with E-state index in [0.29, 0.717) is 11.4 Å². The summed E-state index contributed by atoms with van der Waals surface area (Å²) in [5.74, 6) is 0.0430. The number of sulfone groups is 1. The molecule has 2 atom stereocenters. The molecular formula is C23H22N2O2S. The van der Waals surface area contributed by atoms with E-state index in [2.05, 4.69) is 47.1 Å². The summed E-state index contributed by atoms with van der Waals surface area (Å²) in [6.07, 6.45) is 3.57. The average molecular weight is 391 g/mol. The van der Waals surface area contributed by atoms with Crippen molar-refractivity contribution in [2.24, 2.45) is 0 Å². The molecule has 0 amide bonds. The van der Waals surface area contributed by atoms with Gasteiger partial charge in [-0.25, -0.2) is 8.42 Å². The second-order valence-electron chi connectivity index (χ2n) is 7.87. The summed E-state index contributed by atoms with van der Waals surface area (Å²) >= 11 is 0. The molecule has 0 N–H and O–H groups in total. The highest BCUT2D eigenvalue weighted by atomic mass is 32.2. The minimum absolute atomic E-state index is 0.0430. The van der Waals surface area contributed by atoms with Crippen molar-refractivity contribution in [3.63, 3.8) is 0 Å². The summed E-state index contributed by atoms with van der Waals surface area (Å²) in [6.45, 7) is 4.25. The van der Waals surface area contributed by atoms with Crippen LogP contribution in [0, 0.1) is 6.92 Å². The number of rotatable bonds is 3. The molecule has 1 aromatic heterocycles. The maximum atomic E-state index is 13.1. The van der Waals surface area contributed by atoms with E-state index < -0.39 is 9.84 Å². The third-order valence-electron chi connectivity index (χ3n) is 5.94. The first-order chi connectivity index (χ1) is 13.5. The Hall–Kier alpha value is -2.50. The lowest BCUT2D eigenvalue weighted by atomic mass is 9.95. The highest BCUT2D eigenvalue weighted by Crippen LogP contribution is 2.46. The number of hydrogen-bond acceptors (Lipinski definition) is 4. The Kier molecular flexibility index (Phi) is 4.11. The number of nitrogens with zero attached hydrogens (tertiary/aromatic N) is 2. The van der Waals surface area contributed by atoms with Gasteiger partial charge in [0.05, 0.1) is 10.1 Å². The van der Waals surface area contributed by atoms with Crippen LogP contribution < -0.4 is 0 Å². The van der Waals surface area contributed by atoms with Crippen molar-refractivity contribution >= 4 is 9.84 Å². The van der Waals surface area contributed by atoms with Crippen molar-refractivity contribution < 1.29 is 8.42 Å². The maximum absolute atomic E-state index is 13.1. The molecule has 3 heterocycles. The smallest absolute Gasteiger partial charge is 0.183 e. The summed E-state index contributed by atoms with van der Waals surface area (Å²) < 4.78 is 26.3. The lowest BCUT2D eigenvalue weighted by Gasteiger charge is -2.18. The number of aryl methyl sites for hydroxylation is 1. The molecule has 142 valence electrons. The van der Waals surface area contributed by atoms with Crippen LogP contribution in [0.2, 0.25) is 0 Å². The number of benzene rings is 2. The molecule has 0 radical (unpaired) electrons. The van der Waals surface area contributed by atoms with Gasteiger partial charge in [0, 0.05) is 37.9 Å². The largest absolute Gasteiger partial charge is 0.297 e. The van der Waals surface area contributed by atoms with Crippen LogP contribution in [0.15, 0.2) is 71.9 Å². The Labute approximate surface area is 165 Å². The second-order valence-corrected chi connectivity index (χ2v) is 10.0. The van der Waals surface area contributed by atoms with Gasteiger partial charge < -0.3 is 0 Å². The fourth-order valence-electron chi connectivity index (χ4n) is 4.64. The lowest BCUT2D eigenvalue weighted by Crippen LogP contribution is -2.25. The molecule has 2 aliphatic rings. The molecule has 0 spiro atoms. The van der Waals surface area contributed by atoms with E-state index in [1.54, 1.807) is 12.3 Å². The first-order valence-electron chi connectivity index (χ1n) is 9.58. The van der Waals surface area contributed by atoms with E-state index in [4.69, 9.17) is 0 Å². The third kappa shape index (κ3) is 2.86.